The normalized spacial score (nSPS) is 23.2. The maximum atomic E-state index is 3.98. The molecule has 84 valence electrons. The smallest absolute Gasteiger partial charge is 0.129 e. The van der Waals surface area contributed by atoms with E-state index >= 15 is 0 Å². The standard InChI is InChI=1S/C10H19N5/c1-9-7-14(4-3-11-9)5-6-15-8-12-13-10(15)2/h8-9,11H,3-7H2,1-2H3. The van der Waals surface area contributed by atoms with Crippen molar-refractivity contribution in [2.45, 2.75) is 26.4 Å². The summed E-state index contributed by atoms with van der Waals surface area (Å²) in [5, 5.41) is 11.3. The van der Waals surface area contributed by atoms with Gasteiger partial charge in [-0.1, -0.05) is 0 Å². The lowest BCUT2D eigenvalue weighted by atomic mass is 10.2. The minimum absolute atomic E-state index is 0.612. The SMILES string of the molecule is Cc1nncn1CCN1CCNC(C)C1. The fourth-order valence-electron chi connectivity index (χ4n) is 2.00. The molecular formula is C10H19N5. The molecule has 0 amide bonds. The van der Waals surface area contributed by atoms with Crippen molar-refractivity contribution in [3.63, 3.8) is 0 Å². The van der Waals surface area contributed by atoms with Crippen LogP contribution in [0.25, 0.3) is 0 Å². The maximum Gasteiger partial charge on any atom is 0.129 e. The van der Waals surface area contributed by atoms with E-state index in [-0.39, 0.29) is 0 Å². The van der Waals surface area contributed by atoms with Gasteiger partial charge in [-0.05, 0) is 13.8 Å². The predicted molar refractivity (Wildman–Crippen MR) is 58.7 cm³/mol. The van der Waals surface area contributed by atoms with Gasteiger partial charge >= 0.3 is 0 Å². The van der Waals surface area contributed by atoms with E-state index in [0.29, 0.717) is 6.04 Å². The summed E-state index contributed by atoms with van der Waals surface area (Å²) in [6.07, 6.45) is 1.81. The van der Waals surface area contributed by atoms with Crippen LogP contribution < -0.4 is 5.32 Å². The monoisotopic (exact) mass is 209 g/mol. The quantitative estimate of drug-likeness (QED) is 0.754. The second kappa shape index (κ2) is 4.72. The van der Waals surface area contributed by atoms with Gasteiger partial charge in [0, 0.05) is 38.8 Å². The largest absolute Gasteiger partial charge is 0.317 e. The highest BCUT2D eigenvalue weighted by molar-refractivity contribution is 4.81. The third-order valence-corrected chi connectivity index (χ3v) is 2.92. The minimum Gasteiger partial charge on any atom is -0.317 e. The van der Waals surface area contributed by atoms with Gasteiger partial charge < -0.3 is 9.88 Å². The summed E-state index contributed by atoms with van der Waals surface area (Å²) in [5.74, 6) is 0.998. The van der Waals surface area contributed by atoms with Gasteiger partial charge in [0.15, 0.2) is 0 Å². The van der Waals surface area contributed by atoms with Gasteiger partial charge in [0.05, 0.1) is 0 Å². The molecule has 0 radical (unpaired) electrons. The van der Waals surface area contributed by atoms with Crippen LogP contribution >= 0.6 is 0 Å². The minimum atomic E-state index is 0.612. The van der Waals surface area contributed by atoms with E-state index < -0.39 is 0 Å². The summed E-state index contributed by atoms with van der Waals surface area (Å²) < 4.78 is 2.10. The number of hydrogen-bond donors (Lipinski definition) is 1. The second-order valence-electron chi connectivity index (χ2n) is 4.23. The molecule has 2 rings (SSSR count). The lowest BCUT2D eigenvalue weighted by Gasteiger charge is -2.31. The van der Waals surface area contributed by atoms with Gasteiger partial charge in [0.1, 0.15) is 12.2 Å². The zero-order valence-corrected chi connectivity index (χ0v) is 9.48. The number of rotatable bonds is 3. The van der Waals surface area contributed by atoms with Crippen molar-refractivity contribution < 1.29 is 0 Å². The Labute approximate surface area is 90.5 Å². The van der Waals surface area contributed by atoms with Crippen LogP contribution in [0.3, 0.4) is 0 Å². The molecule has 1 aliphatic heterocycles. The summed E-state index contributed by atoms with van der Waals surface area (Å²) in [5.41, 5.74) is 0. The second-order valence-corrected chi connectivity index (χ2v) is 4.23. The molecule has 1 fully saturated rings. The highest BCUT2D eigenvalue weighted by Gasteiger charge is 2.14. The molecule has 1 saturated heterocycles. The summed E-state index contributed by atoms with van der Waals surface area (Å²) >= 11 is 0. The molecule has 1 aliphatic rings. The van der Waals surface area contributed by atoms with Crippen molar-refractivity contribution in [1.82, 2.24) is 25.0 Å². The number of aromatic nitrogens is 3. The summed E-state index contributed by atoms with van der Waals surface area (Å²) in [6.45, 7) is 9.69. The molecular weight excluding hydrogens is 190 g/mol. The van der Waals surface area contributed by atoms with E-state index in [2.05, 4.69) is 31.9 Å². The third-order valence-electron chi connectivity index (χ3n) is 2.92. The molecule has 2 heterocycles. The van der Waals surface area contributed by atoms with Gasteiger partial charge in [-0.15, -0.1) is 10.2 Å². The first-order chi connectivity index (χ1) is 7.25. The van der Waals surface area contributed by atoms with E-state index in [1.54, 1.807) is 6.33 Å². The van der Waals surface area contributed by atoms with E-state index in [1.807, 2.05) is 6.92 Å². The molecule has 0 aliphatic carbocycles. The molecule has 0 bridgehead atoms. The average molecular weight is 209 g/mol. The average Bonchev–Trinajstić information content (AvgIpc) is 2.61. The zero-order chi connectivity index (χ0) is 10.7. The first kappa shape index (κ1) is 10.6. The fraction of sp³-hybridized carbons (Fsp3) is 0.800. The molecule has 0 saturated carbocycles. The lowest BCUT2D eigenvalue weighted by Crippen LogP contribution is -2.49. The first-order valence-corrected chi connectivity index (χ1v) is 5.56. The molecule has 15 heavy (non-hydrogen) atoms. The van der Waals surface area contributed by atoms with E-state index in [1.165, 1.54) is 0 Å². The van der Waals surface area contributed by atoms with Crippen molar-refractivity contribution in [2.24, 2.45) is 0 Å². The molecule has 1 atom stereocenters. The van der Waals surface area contributed by atoms with Crippen LogP contribution in [0.5, 0.6) is 0 Å². The summed E-state index contributed by atoms with van der Waals surface area (Å²) in [7, 11) is 0. The molecule has 1 unspecified atom stereocenters. The highest BCUT2D eigenvalue weighted by Crippen LogP contribution is 2.00. The fourth-order valence-corrected chi connectivity index (χ4v) is 2.00. The van der Waals surface area contributed by atoms with Crippen molar-refractivity contribution in [1.29, 1.82) is 0 Å². The molecule has 1 aromatic rings. The Morgan fingerprint density at radius 1 is 1.53 bits per heavy atom. The Bertz CT molecular complexity index is 309. The molecule has 1 N–H and O–H groups in total. The van der Waals surface area contributed by atoms with Gasteiger partial charge in [0.25, 0.3) is 0 Å². The van der Waals surface area contributed by atoms with E-state index in [9.17, 15) is 0 Å². The summed E-state index contributed by atoms with van der Waals surface area (Å²) in [6, 6.07) is 0.612. The molecule has 0 spiro atoms. The topological polar surface area (TPSA) is 46.0 Å². The molecule has 5 nitrogen and oxygen atoms in total. The van der Waals surface area contributed by atoms with Gasteiger partial charge in [-0.2, -0.15) is 0 Å². The molecule has 0 aromatic carbocycles. The van der Waals surface area contributed by atoms with E-state index in [0.717, 1.165) is 38.5 Å². The van der Waals surface area contributed by atoms with Crippen LogP contribution in [0.15, 0.2) is 6.33 Å². The van der Waals surface area contributed by atoms with Crippen LogP contribution in [0.4, 0.5) is 0 Å². The van der Waals surface area contributed by atoms with Crippen LogP contribution in [0, 0.1) is 6.92 Å². The van der Waals surface area contributed by atoms with Crippen molar-refractivity contribution in [3.05, 3.63) is 12.2 Å². The van der Waals surface area contributed by atoms with Crippen LogP contribution in [-0.4, -0.2) is 51.9 Å². The van der Waals surface area contributed by atoms with Crippen LogP contribution in [0.1, 0.15) is 12.7 Å². The number of nitrogens with one attached hydrogen (secondary N) is 1. The highest BCUT2D eigenvalue weighted by atomic mass is 15.3. The Kier molecular flexibility index (Phi) is 3.33. The first-order valence-electron chi connectivity index (χ1n) is 5.56. The number of hydrogen-bond acceptors (Lipinski definition) is 4. The van der Waals surface area contributed by atoms with Crippen molar-refractivity contribution in [3.8, 4) is 0 Å². The Morgan fingerprint density at radius 3 is 3.07 bits per heavy atom. The zero-order valence-electron chi connectivity index (χ0n) is 9.48. The van der Waals surface area contributed by atoms with Crippen LogP contribution in [-0.2, 0) is 6.54 Å². The van der Waals surface area contributed by atoms with Gasteiger partial charge in [-0.3, -0.25) is 4.90 Å². The Balaban J connectivity index is 1.80. The van der Waals surface area contributed by atoms with Gasteiger partial charge in [0.2, 0.25) is 0 Å². The number of aryl methyl sites for hydroxylation is 1. The predicted octanol–water partition coefficient (Wildman–Crippen LogP) is -0.120. The molecule has 1 aromatic heterocycles. The van der Waals surface area contributed by atoms with Gasteiger partial charge in [-0.25, -0.2) is 0 Å². The Morgan fingerprint density at radius 2 is 2.40 bits per heavy atom. The Hall–Kier alpha value is -0.940. The number of piperazine rings is 1. The van der Waals surface area contributed by atoms with Crippen LogP contribution in [0.2, 0.25) is 0 Å². The van der Waals surface area contributed by atoms with Crippen molar-refractivity contribution in [2.75, 3.05) is 26.2 Å². The van der Waals surface area contributed by atoms with E-state index in [4.69, 9.17) is 0 Å². The maximum absolute atomic E-state index is 3.98. The third kappa shape index (κ3) is 2.76. The molecule has 5 heteroatoms. The number of nitrogens with zero attached hydrogens (tertiary/aromatic N) is 4. The van der Waals surface area contributed by atoms with Crippen molar-refractivity contribution >= 4 is 0 Å². The lowest BCUT2D eigenvalue weighted by molar-refractivity contribution is 0.200. The summed E-state index contributed by atoms with van der Waals surface area (Å²) in [4.78, 5) is 2.49.